The van der Waals surface area contributed by atoms with Crippen LogP contribution in [0.25, 0.3) is 0 Å². The van der Waals surface area contributed by atoms with Gasteiger partial charge in [0.05, 0.1) is 11.4 Å². The zero-order chi connectivity index (χ0) is 24.0. The molecule has 178 valence electrons. The molecule has 2 nitrogen and oxygen atoms in total. The summed E-state index contributed by atoms with van der Waals surface area (Å²) in [6.07, 6.45) is 4.98. The van der Waals surface area contributed by atoms with Gasteiger partial charge in [-0.1, -0.05) is 98.9 Å². The topological polar surface area (TPSA) is 24.7 Å². The minimum absolute atomic E-state index is 0.0241. The fourth-order valence-corrected chi connectivity index (χ4v) is 12.2. The normalized spacial score (nSPS) is 15.5. The average molecular weight is 457 g/mol. The molecule has 0 aliphatic heterocycles. The summed E-state index contributed by atoms with van der Waals surface area (Å²) in [7, 11) is -0.0482. The highest BCUT2D eigenvalue weighted by Crippen LogP contribution is 2.60. The predicted molar refractivity (Wildman–Crippen MR) is 148 cm³/mol. The lowest BCUT2D eigenvalue weighted by atomic mass is 10.2. The maximum absolute atomic E-state index is 4.85. The second-order valence-corrected chi connectivity index (χ2v) is 20.6. The molecule has 0 saturated carbocycles. The Kier molecular flexibility index (Phi) is 12.0. The molecule has 0 radical (unpaired) electrons. The van der Waals surface area contributed by atoms with Gasteiger partial charge in [0.25, 0.3) is 0 Å². The fourth-order valence-electron chi connectivity index (χ4n) is 4.53. The summed E-state index contributed by atoms with van der Waals surface area (Å²) in [5.41, 5.74) is 2.25. The van der Waals surface area contributed by atoms with Crippen molar-refractivity contribution in [2.24, 2.45) is 9.98 Å². The van der Waals surface area contributed by atoms with Crippen LogP contribution in [0.5, 0.6) is 0 Å². The summed E-state index contributed by atoms with van der Waals surface area (Å²) in [5.74, 6) is 0. The molecule has 0 bridgehead atoms. The van der Waals surface area contributed by atoms with E-state index in [9.17, 15) is 0 Å². The molecule has 0 aromatic carbocycles. The van der Waals surface area contributed by atoms with Gasteiger partial charge in [0.15, 0.2) is 0 Å². The minimum atomic E-state index is -0.0241. The molecule has 0 spiro atoms. The van der Waals surface area contributed by atoms with Gasteiger partial charge in [-0.15, -0.1) is 0 Å². The molecular weight excluding hydrogens is 402 g/mol. The van der Waals surface area contributed by atoms with Crippen LogP contribution < -0.4 is 0 Å². The maximum Gasteiger partial charge on any atom is 0.0524 e. The van der Waals surface area contributed by atoms with Crippen molar-refractivity contribution in [1.82, 2.24) is 0 Å². The molecule has 0 N–H and O–H groups in total. The Morgan fingerprint density at radius 2 is 0.733 bits per heavy atom. The lowest BCUT2D eigenvalue weighted by Crippen LogP contribution is -2.26. The Hall–Kier alpha value is 0.200. The van der Waals surface area contributed by atoms with E-state index < -0.39 is 0 Å². The van der Waals surface area contributed by atoms with Crippen molar-refractivity contribution in [2.45, 2.75) is 130 Å². The first-order valence-corrected chi connectivity index (χ1v) is 14.9. The van der Waals surface area contributed by atoms with E-state index in [-0.39, 0.29) is 15.8 Å². The summed E-state index contributed by atoms with van der Waals surface area (Å²) in [6, 6.07) is 0. The molecule has 0 aliphatic carbocycles. The average Bonchev–Trinajstić information content (AvgIpc) is 2.48. The zero-order valence-electron chi connectivity index (χ0n) is 23.0. The van der Waals surface area contributed by atoms with E-state index in [4.69, 9.17) is 9.98 Å². The van der Waals surface area contributed by atoms with Crippen LogP contribution in [0.4, 0.5) is 0 Å². The minimum Gasteiger partial charge on any atom is -0.288 e. The second kappa shape index (κ2) is 11.9. The fraction of sp³-hybridized carbons (Fsp3) is 0.923. The van der Waals surface area contributed by atoms with E-state index in [1.165, 1.54) is 25.2 Å². The zero-order valence-corrected chi connectivity index (χ0v) is 24.8. The van der Waals surface area contributed by atoms with Crippen LogP contribution in [0.1, 0.15) is 110 Å². The van der Waals surface area contributed by atoms with Crippen LogP contribution in [0.15, 0.2) is 9.98 Å². The van der Waals surface area contributed by atoms with Crippen molar-refractivity contribution in [3.8, 4) is 0 Å². The van der Waals surface area contributed by atoms with Gasteiger partial charge < -0.3 is 0 Å². The summed E-state index contributed by atoms with van der Waals surface area (Å²) in [5, 5.41) is 1.62. The first-order valence-electron chi connectivity index (χ1n) is 11.9. The molecule has 0 amide bonds. The standard InChI is InChI=1S/C26H54N2P2/c1-21(27-17-15-19-29(23(3,4)5)24(6,7)8)22(2)28-18-16-20-30(25(9,10)11)26(12,13)14/h15-20H2,1-14H3. The van der Waals surface area contributed by atoms with E-state index in [2.05, 4.69) is 96.9 Å². The Morgan fingerprint density at radius 3 is 0.933 bits per heavy atom. The molecule has 0 fully saturated rings. The summed E-state index contributed by atoms with van der Waals surface area (Å²) >= 11 is 0. The predicted octanol–water partition coefficient (Wildman–Crippen LogP) is 8.85. The summed E-state index contributed by atoms with van der Waals surface area (Å²) in [6.45, 7) is 35.0. The highest BCUT2D eigenvalue weighted by atomic mass is 31.1. The van der Waals surface area contributed by atoms with Crippen LogP contribution in [0, 0.1) is 0 Å². The van der Waals surface area contributed by atoms with Crippen molar-refractivity contribution in [3.05, 3.63) is 0 Å². The molecule has 0 atom stereocenters. The monoisotopic (exact) mass is 456 g/mol. The van der Waals surface area contributed by atoms with Gasteiger partial charge in [0.1, 0.15) is 0 Å². The first kappa shape index (κ1) is 30.2. The third-order valence-corrected chi connectivity index (χ3v) is 13.5. The number of nitrogens with zero attached hydrogens (tertiary/aromatic N) is 2. The molecule has 0 unspecified atom stereocenters. The summed E-state index contributed by atoms with van der Waals surface area (Å²) < 4.78 is 0. The highest BCUT2D eigenvalue weighted by molar-refractivity contribution is 7.61. The first-order chi connectivity index (χ1) is 13.3. The van der Waals surface area contributed by atoms with Crippen molar-refractivity contribution < 1.29 is 0 Å². The number of rotatable bonds is 9. The molecule has 30 heavy (non-hydrogen) atoms. The second-order valence-electron chi connectivity index (χ2n) is 12.6. The molecule has 0 aromatic heterocycles. The van der Waals surface area contributed by atoms with Crippen LogP contribution in [0.2, 0.25) is 0 Å². The van der Waals surface area contributed by atoms with Gasteiger partial charge >= 0.3 is 0 Å². The molecule has 0 aliphatic rings. The highest BCUT2D eigenvalue weighted by Gasteiger charge is 2.34. The Labute approximate surface area is 193 Å². The Bertz CT molecular complexity index is 484. The molecule has 0 aromatic rings. The largest absolute Gasteiger partial charge is 0.288 e. The van der Waals surface area contributed by atoms with Gasteiger partial charge in [-0.25, -0.2) is 0 Å². The van der Waals surface area contributed by atoms with E-state index in [0.29, 0.717) is 20.6 Å². The molecule has 0 rings (SSSR count). The van der Waals surface area contributed by atoms with E-state index in [0.717, 1.165) is 24.5 Å². The van der Waals surface area contributed by atoms with Crippen LogP contribution in [-0.4, -0.2) is 57.5 Å². The maximum atomic E-state index is 4.85. The SMILES string of the molecule is CC(=NCCCP(C(C)(C)C)C(C)(C)C)C(C)=NCCCP(C(C)(C)C)C(C)(C)C. The van der Waals surface area contributed by atoms with Gasteiger partial charge in [-0.3, -0.25) is 9.98 Å². The van der Waals surface area contributed by atoms with Crippen LogP contribution in [0.3, 0.4) is 0 Å². The quantitative estimate of drug-likeness (QED) is 0.188. The van der Waals surface area contributed by atoms with Crippen molar-refractivity contribution >= 4 is 27.3 Å². The lowest BCUT2D eigenvalue weighted by molar-refractivity contribution is 0.698. The number of aliphatic imine (C=N–C) groups is 2. The van der Waals surface area contributed by atoms with E-state index >= 15 is 0 Å². The van der Waals surface area contributed by atoms with Crippen molar-refractivity contribution in [3.63, 3.8) is 0 Å². The smallest absolute Gasteiger partial charge is 0.0524 e. The summed E-state index contributed by atoms with van der Waals surface area (Å²) in [4.78, 5) is 9.71. The van der Waals surface area contributed by atoms with E-state index in [1.807, 2.05) is 0 Å². The number of hydrogen-bond acceptors (Lipinski definition) is 2. The third-order valence-electron chi connectivity index (χ3n) is 5.54. The van der Waals surface area contributed by atoms with Gasteiger partial charge in [-0.05, 0) is 59.6 Å². The van der Waals surface area contributed by atoms with Gasteiger partial charge in [-0.2, -0.15) is 0 Å². The molecule has 0 heterocycles. The Morgan fingerprint density at radius 1 is 0.500 bits per heavy atom. The molecule has 0 saturated heterocycles. The van der Waals surface area contributed by atoms with Gasteiger partial charge in [0, 0.05) is 13.1 Å². The van der Waals surface area contributed by atoms with Crippen LogP contribution in [-0.2, 0) is 0 Å². The van der Waals surface area contributed by atoms with E-state index in [1.54, 1.807) is 0 Å². The Balaban J connectivity index is 4.67. The molecular formula is C26H54N2P2. The van der Waals surface area contributed by atoms with Crippen LogP contribution >= 0.6 is 15.8 Å². The van der Waals surface area contributed by atoms with Crippen molar-refractivity contribution in [2.75, 3.05) is 25.4 Å². The van der Waals surface area contributed by atoms with Crippen molar-refractivity contribution in [1.29, 1.82) is 0 Å². The lowest BCUT2D eigenvalue weighted by Gasteiger charge is -2.41. The number of hydrogen-bond donors (Lipinski definition) is 0. The third kappa shape index (κ3) is 11.7. The molecule has 4 heteroatoms. The van der Waals surface area contributed by atoms with Gasteiger partial charge in [0.2, 0.25) is 0 Å².